The molecule has 5 nitrogen and oxygen atoms in total. The number of nitrogens with zero attached hydrogens (tertiary/aromatic N) is 2. The molecule has 1 aliphatic heterocycles. The molecule has 0 bridgehead atoms. The van der Waals surface area contributed by atoms with Crippen LogP contribution in [0.1, 0.15) is 31.9 Å². The number of morpholine rings is 1. The first-order valence-corrected chi connectivity index (χ1v) is 7.45. The molecule has 22 heavy (non-hydrogen) atoms. The Bertz CT molecular complexity index is 572. The van der Waals surface area contributed by atoms with Crippen LogP contribution in [0, 0.1) is 11.3 Å². The van der Waals surface area contributed by atoms with Crippen LogP contribution in [0.4, 0.5) is 4.79 Å². The van der Waals surface area contributed by atoms with Crippen LogP contribution in [-0.2, 0) is 15.9 Å². The quantitative estimate of drug-likeness (QED) is 0.842. The van der Waals surface area contributed by atoms with Gasteiger partial charge in [-0.1, -0.05) is 12.1 Å². The maximum atomic E-state index is 12.3. The van der Waals surface area contributed by atoms with E-state index in [1.54, 1.807) is 11.0 Å². The topological polar surface area (TPSA) is 62.6 Å². The van der Waals surface area contributed by atoms with Gasteiger partial charge in [0.1, 0.15) is 5.60 Å². The van der Waals surface area contributed by atoms with Crippen molar-refractivity contribution in [3.63, 3.8) is 0 Å². The summed E-state index contributed by atoms with van der Waals surface area (Å²) in [7, 11) is 0. The monoisotopic (exact) mass is 302 g/mol. The summed E-state index contributed by atoms with van der Waals surface area (Å²) in [4.78, 5) is 14.1. The first-order chi connectivity index (χ1) is 10.4. The Morgan fingerprint density at radius 3 is 2.95 bits per heavy atom. The molecule has 1 saturated heterocycles. The van der Waals surface area contributed by atoms with Crippen molar-refractivity contribution in [2.75, 3.05) is 19.8 Å². The lowest BCUT2D eigenvalue weighted by atomic mass is 10.0. The fourth-order valence-corrected chi connectivity index (χ4v) is 2.42. The minimum Gasteiger partial charge on any atom is -0.444 e. The molecule has 0 saturated carbocycles. The zero-order valence-corrected chi connectivity index (χ0v) is 13.3. The van der Waals surface area contributed by atoms with E-state index < -0.39 is 5.60 Å². The smallest absolute Gasteiger partial charge is 0.410 e. The summed E-state index contributed by atoms with van der Waals surface area (Å²) >= 11 is 0. The standard InChI is InChI=1S/C17H22N2O3/c1-17(2,3)22-16(20)19-7-8-21-12-15(19)10-13-5-4-6-14(9-13)11-18/h4-6,9,15H,7-8,10,12H2,1-3H3. The molecule has 0 N–H and O–H groups in total. The van der Waals surface area contributed by atoms with E-state index in [-0.39, 0.29) is 12.1 Å². The van der Waals surface area contributed by atoms with Crippen LogP contribution in [0.15, 0.2) is 24.3 Å². The van der Waals surface area contributed by atoms with E-state index in [0.717, 1.165) is 5.56 Å². The summed E-state index contributed by atoms with van der Waals surface area (Å²) in [6.45, 7) is 7.10. The Balaban J connectivity index is 2.09. The maximum Gasteiger partial charge on any atom is 0.410 e. The van der Waals surface area contributed by atoms with Crippen LogP contribution in [0.3, 0.4) is 0 Å². The number of benzene rings is 1. The molecule has 1 heterocycles. The summed E-state index contributed by atoms with van der Waals surface area (Å²) in [6, 6.07) is 9.50. The lowest BCUT2D eigenvalue weighted by Crippen LogP contribution is -2.51. The van der Waals surface area contributed by atoms with Crippen LogP contribution in [0.2, 0.25) is 0 Å². The molecule has 0 aliphatic carbocycles. The third kappa shape index (κ3) is 4.47. The SMILES string of the molecule is CC(C)(C)OC(=O)N1CCOCC1Cc1cccc(C#N)c1. The van der Waals surface area contributed by atoms with Gasteiger partial charge in [0.25, 0.3) is 0 Å². The highest BCUT2D eigenvalue weighted by atomic mass is 16.6. The van der Waals surface area contributed by atoms with Crippen molar-refractivity contribution in [2.45, 2.75) is 38.8 Å². The molecule has 2 rings (SSSR count). The predicted molar refractivity (Wildman–Crippen MR) is 82.4 cm³/mol. The van der Waals surface area contributed by atoms with E-state index in [1.165, 1.54) is 0 Å². The second-order valence-electron chi connectivity index (χ2n) is 6.42. The Kier molecular flexibility index (Phi) is 5.04. The van der Waals surface area contributed by atoms with Crippen LogP contribution in [-0.4, -0.2) is 42.4 Å². The summed E-state index contributed by atoms with van der Waals surface area (Å²) in [6.07, 6.45) is 0.339. The van der Waals surface area contributed by atoms with E-state index in [9.17, 15) is 4.79 Å². The van der Waals surface area contributed by atoms with Crippen molar-refractivity contribution in [2.24, 2.45) is 0 Å². The zero-order chi connectivity index (χ0) is 16.2. The second-order valence-corrected chi connectivity index (χ2v) is 6.42. The zero-order valence-electron chi connectivity index (χ0n) is 13.3. The first kappa shape index (κ1) is 16.3. The van der Waals surface area contributed by atoms with Gasteiger partial charge in [-0.2, -0.15) is 5.26 Å². The number of ether oxygens (including phenoxy) is 2. The van der Waals surface area contributed by atoms with E-state index >= 15 is 0 Å². The highest BCUT2D eigenvalue weighted by Crippen LogP contribution is 2.18. The van der Waals surface area contributed by atoms with Gasteiger partial charge < -0.3 is 14.4 Å². The van der Waals surface area contributed by atoms with Crippen molar-refractivity contribution in [3.05, 3.63) is 35.4 Å². The minimum absolute atomic E-state index is 0.0717. The molecule has 118 valence electrons. The molecule has 0 aromatic heterocycles. The Morgan fingerprint density at radius 1 is 1.50 bits per heavy atom. The minimum atomic E-state index is -0.513. The molecule has 1 aromatic rings. The molecule has 0 spiro atoms. The summed E-state index contributed by atoms with van der Waals surface area (Å²) < 4.78 is 11.0. The van der Waals surface area contributed by atoms with Gasteiger partial charge in [0.05, 0.1) is 30.9 Å². The summed E-state index contributed by atoms with van der Waals surface area (Å²) in [5, 5.41) is 8.98. The molecule has 1 atom stereocenters. The molecule has 1 amide bonds. The average Bonchev–Trinajstić information content (AvgIpc) is 2.46. The van der Waals surface area contributed by atoms with Gasteiger partial charge in [0.15, 0.2) is 0 Å². The number of carbonyl (C=O) groups excluding carboxylic acids is 1. The first-order valence-electron chi connectivity index (χ1n) is 7.45. The number of rotatable bonds is 2. The van der Waals surface area contributed by atoms with Crippen LogP contribution >= 0.6 is 0 Å². The number of hydrogen-bond donors (Lipinski definition) is 0. The lowest BCUT2D eigenvalue weighted by molar-refractivity contribution is -0.0319. The number of amides is 1. The van der Waals surface area contributed by atoms with Crippen LogP contribution in [0.25, 0.3) is 0 Å². The third-order valence-electron chi connectivity index (χ3n) is 3.38. The van der Waals surface area contributed by atoms with Crippen molar-refractivity contribution < 1.29 is 14.3 Å². The molecule has 1 unspecified atom stereocenters. The highest BCUT2D eigenvalue weighted by molar-refractivity contribution is 5.68. The second kappa shape index (κ2) is 6.80. The van der Waals surface area contributed by atoms with Gasteiger partial charge in [-0.25, -0.2) is 4.79 Å². The van der Waals surface area contributed by atoms with Gasteiger partial charge in [-0.05, 0) is 44.9 Å². The predicted octanol–water partition coefficient (Wildman–Crippen LogP) is 2.74. The molecule has 0 radical (unpaired) electrons. The van der Waals surface area contributed by atoms with E-state index in [1.807, 2.05) is 39.0 Å². The average molecular weight is 302 g/mol. The van der Waals surface area contributed by atoms with E-state index in [4.69, 9.17) is 14.7 Å². The van der Waals surface area contributed by atoms with Gasteiger partial charge in [-0.3, -0.25) is 0 Å². The number of hydrogen-bond acceptors (Lipinski definition) is 4. The normalized spacial score (nSPS) is 18.6. The molecule has 5 heteroatoms. The molecule has 1 fully saturated rings. The molecular weight excluding hydrogens is 280 g/mol. The molecule has 1 aliphatic rings. The number of carbonyl (C=O) groups is 1. The lowest BCUT2D eigenvalue weighted by Gasteiger charge is -2.36. The van der Waals surface area contributed by atoms with Crippen molar-refractivity contribution in [3.8, 4) is 6.07 Å². The van der Waals surface area contributed by atoms with E-state index in [2.05, 4.69) is 6.07 Å². The van der Waals surface area contributed by atoms with E-state index in [0.29, 0.717) is 31.7 Å². The van der Waals surface area contributed by atoms with Gasteiger partial charge in [-0.15, -0.1) is 0 Å². The summed E-state index contributed by atoms with van der Waals surface area (Å²) in [5.74, 6) is 0. The fraction of sp³-hybridized carbons (Fsp3) is 0.529. The fourth-order valence-electron chi connectivity index (χ4n) is 2.42. The van der Waals surface area contributed by atoms with Crippen LogP contribution in [0.5, 0.6) is 0 Å². The Labute approximate surface area is 131 Å². The highest BCUT2D eigenvalue weighted by Gasteiger charge is 2.31. The van der Waals surface area contributed by atoms with Crippen molar-refractivity contribution in [1.29, 1.82) is 5.26 Å². The molecular formula is C17H22N2O3. The van der Waals surface area contributed by atoms with Gasteiger partial charge in [0.2, 0.25) is 0 Å². The Morgan fingerprint density at radius 2 is 2.27 bits per heavy atom. The van der Waals surface area contributed by atoms with Gasteiger partial charge in [0, 0.05) is 6.54 Å². The van der Waals surface area contributed by atoms with Crippen LogP contribution < -0.4 is 0 Å². The Hall–Kier alpha value is -2.06. The largest absolute Gasteiger partial charge is 0.444 e. The maximum absolute atomic E-state index is 12.3. The summed E-state index contributed by atoms with van der Waals surface area (Å²) in [5.41, 5.74) is 1.13. The molecule has 1 aromatic carbocycles. The van der Waals surface area contributed by atoms with Gasteiger partial charge >= 0.3 is 6.09 Å². The third-order valence-corrected chi connectivity index (χ3v) is 3.38. The number of nitriles is 1. The van der Waals surface area contributed by atoms with Crippen molar-refractivity contribution in [1.82, 2.24) is 4.90 Å². The van der Waals surface area contributed by atoms with Crippen molar-refractivity contribution >= 4 is 6.09 Å².